The van der Waals surface area contributed by atoms with Gasteiger partial charge in [-0.25, -0.2) is 8.78 Å². The summed E-state index contributed by atoms with van der Waals surface area (Å²) < 4.78 is 26.2. The van der Waals surface area contributed by atoms with Crippen LogP contribution in [0.3, 0.4) is 0 Å². The average Bonchev–Trinajstić information content (AvgIpc) is 2.40. The SMILES string of the molecule is Nc1c(F)cc(Br)cc1[N+](=O)[O-].Nc1cc(Br)cc(F)c1N. The fraction of sp³-hybridized carbons (Fsp3) is 0. The zero-order valence-electron chi connectivity index (χ0n) is 10.8. The number of hydrogen-bond acceptors (Lipinski definition) is 5. The summed E-state index contributed by atoms with van der Waals surface area (Å²) in [6, 6.07) is 5.05. The van der Waals surface area contributed by atoms with Gasteiger partial charge in [0.15, 0.2) is 5.82 Å². The predicted octanol–water partition coefficient (Wildman–Crippen LogP) is 3.83. The molecule has 0 saturated heterocycles. The molecule has 0 fully saturated rings. The first kappa shape index (κ1) is 18.1. The molecule has 0 bridgehead atoms. The zero-order chi connectivity index (χ0) is 17.0. The van der Waals surface area contributed by atoms with Crippen LogP contribution in [0.4, 0.5) is 31.5 Å². The smallest absolute Gasteiger partial charge is 0.296 e. The van der Waals surface area contributed by atoms with E-state index in [0.717, 1.165) is 12.1 Å². The minimum Gasteiger partial charge on any atom is -0.397 e. The molecule has 0 spiro atoms. The van der Waals surface area contributed by atoms with Crippen LogP contribution in [0.15, 0.2) is 33.2 Å². The second kappa shape index (κ2) is 7.36. The minimum absolute atomic E-state index is 0.00296. The predicted molar refractivity (Wildman–Crippen MR) is 88.1 cm³/mol. The van der Waals surface area contributed by atoms with Gasteiger partial charge in [-0.3, -0.25) is 10.1 Å². The quantitative estimate of drug-likeness (QED) is 0.354. The summed E-state index contributed by atoms with van der Waals surface area (Å²) in [5.41, 5.74) is 15.1. The highest BCUT2D eigenvalue weighted by Crippen LogP contribution is 2.28. The largest absolute Gasteiger partial charge is 0.397 e. The van der Waals surface area contributed by atoms with E-state index in [-0.39, 0.29) is 11.4 Å². The van der Waals surface area contributed by atoms with E-state index >= 15 is 0 Å². The van der Waals surface area contributed by atoms with Crippen LogP contribution in [-0.2, 0) is 0 Å². The molecule has 0 heterocycles. The molecular formula is C12H10Br2F2N4O2. The molecule has 0 aliphatic rings. The lowest BCUT2D eigenvalue weighted by Crippen LogP contribution is -1.98. The van der Waals surface area contributed by atoms with Gasteiger partial charge < -0.3 is 17.2 Å². The Bertz CT molecular complexity index is 706. The van der Waals surface area contributed by atoms with Crippen molar-refractivity contribution in [1.29, 1.82) is 0 Å². The Balaban J connectivity index is 0.000000224. The summed E-state index contributed by atoms with van der Waals surface area (Å²) in [5, 5.41) is 10.3. The summed E-state index contributed by atoms with van der Waals surface area (Å²) in [4.78, 5) is 9.53. The number of nitro groups is 1. The van der Waals surface area contributed by atoms with E-state index in [1.165, 1.54) is 6.07 Å². The van der Waals surface area contributed by atoms with Gasteiger partial charge in [-0.05, 0) is 18.2 Å². The number of benzene rings is 2. The third-order valence-electron chi connectivity index (χ3n) is 2.40. The van der Waals surface area contributed by atoms with Crippen molar-refractivity contribution in [3.63, 3.8) is 0 Å². The average molecular weight is 440 g/mol. The molecule has 0 radical (unpaired) electrons. The van der Waals surface area contributed by atoms with Crippen molar-refractivity contribution in [2.45, 2.75) is 0 Å². The van der Waals surface area contributed by atoms with Crippen LogP contribution in [0.2, 0.25) is 0 Å². The number of nitrogens with zero attached hydrogens (tertiary/aromatic N) is 1. The molecule has 0 amide bonds. The van der Waals surface area contributed by atoms with Gasteiger partial charge in [-0.1, -0.05) is 31.9 Å². The topological polar surface area (TPSA) is 121 Å². The van der Waals surface area contributed by atoms with Crippen molar-refractivity contribution in [3.8, 4) is 0 Å². The first-order valence-electron chi connectivity index (χ1n) is 5.52. The maximum atomic E-state index is 12.7. The highest BCUT2D eigenvalue weighted by atomic mass is 79.9. The zero-order valence-corrected chi connectivity index (χ0v) is 14.0. The van der Waals surface area contributed by atoms with E-state index in [0.29, 0.717) is 8.95 Å². The fourth-order valence-corrected chi connectivity index (χ4v) is 2.19. The molecule has 6 nitrogen and oxygen atoms in total. The molecule has 0 aromatic heterocycles. The van der Waals surface area contributed by atoms with E-state index in [2.05, 4.69) is 31.9 Å². The molecule has 0 atom stereocenters. The first-order valence-corrected chi connectivity index (χ1v) is 7.11. The number of halogens is 4. The maximum Gasteiger partial charge on any atom is 0.296 e. The fourth-order valence-electron chi connectivity index (χ4n) is 1.33. The van der Waals surface area contributed by atoms with Gasteiger partial charge in [-0.2, -0.15) is 0 Å². The van der Waals surface area contributed by atoms with Crippen LogP contribution in [0.1, 0.15) is 0 Å². The summed E-state index contributed by atoms with van der Waals surface area (Å²) >= 11 is 5.99. The highest BCUT2D eigenvalue weighted by Gasteiger charge is 2.16. The van der Waals surface area contributed by atoms with Crippen molar-refractivity contribution < 1.29 is 13.7 Å². The lowest BCUT2D eigenvalue weighted by molar-refractivity contribution is -0.384. The van der Waals surface area contributed by atoms with Crippen molar-refractivity contribution in [1.82, 2.24) is 0 Å². The van der Waals surface area contributed by atoms with Gasteiger partial charge in [0.2, 0.25) is 0 Å². The lowest BCUT2D eigenvalue weighted by atomic mass is 10.2. The van der Waals surface area contributed by atoms with Gasteiger partial charge in [0.1, 0.15) is 11.5 Å². The summed E-state index contributed by atoms with van der Waals surface area (Å²) in [6.07, 6.45) is 0. The Morgan fingerprint density at radius 3 is 1.82 bits per heavy atom. The molecule has 2 rings (SSSR count). The van der Waals surface area contributed by atoms with Gasteiger partial charge in [0.25, 0.3) is 5.69 Å². The van der Waals surface area contributed by atoms with Crippen LogP contribution in [-0.4, -0.2) is 4.92 Å². The molecule has 22 heavy (non-hydrogen) atoms. The van der Waals surface area contributed by atoms with Crippen LogP contribution in [0.25, 0.3) is 0 Å². The summed E-state index contributed by atoms with van der Waals surface area (Å²) in [6.45, 7) is 0. The number of nitrogen functional groups attached to an aromatic ring is 3. The van der Waals surface area contributed by atoms with E-state index in [1.807, 2.05) is 0 Å². The number of nitro benzene ring substituents is 1. The molecule has 6 N–H and O–H groups in total. The molecule has 0 aliphatic carbocycles. The van der Waals surface area contributed by atoms with Gasteiger partial charge in [0.05, 0.1) is 16.3 Å². The standard InChI is InChI=1S/C6H4BrFN2O2.C6H6BrFN2/c7-3-1-4(8)6(9)5(2-3)10(11)12;7-3-1-4(8)6(10)5(9)2-3/h1-2H,9H2;1-2H,9-10H2. The van der Waals surface area contributed by atoms with Crippen molar-refractivity contribution >= 4 is 54.6 Å². The Morgan fingerprint density at radius 1 is 0.909 bits per heavy atom. The highest BCUT2D eigenvalue weighted by molar-refractivity contribution is 9.10. The maximum absolute atomic E-state index is 12.7. The van der Waals surface area contributed by atoms with Gasteiger partial charge in [0, 0.05) is 15.0 Å². The summed E-state index contributed by atoms with van der Waals surface area (Å²) in [5.74, 6) is -1.29. The van der Waals surface area contributed by atoms with Crippen molar-refractivity contribution in [3.05, 3.63) is 55.0 Å². The molecule has 0 aliphatic heterocycles. The molecule has 0 unspecified atom stereocenters. The van der Waals surface area contributed by atoms with Crippen LogP contribution < -0.4 is 17.2 Å². The number of rotatable bonds is 1. The van der Waals surface area contributed by atoms with Gasteiger partial charge >= 0.3 is 0 Å². The Hall–Kier alpha value is -1.94. The third kappa shape index (κ3) is 4.53. The van der Waals surface area contributed by atoms with Crippen LogP contribution >= 0.6 is 31.9 Å². The van der Waals surface area contributed by atoms with Gasteiger partial charge in [-0.15, -0.1) is 0 Å². The Kier molecular flexibility index (Phi) is 6.06. The van der Waals surface area contributed by atoms with Crippen LogP contribution in [0.5, 0.6) is 0 Å². The number of hydrogen-bond donors (Lipinski definition) is 3. The second-order valence-corrected chi connectivity index (χ2v) is 5.80. The van der Waals surface area contributed by atoms with Crippen molar-refractivity contribution in [2.24, 2.45) is 0 Å². The molecule has 2 aromatic carbocycles. The third-order valence-corrected chi connectivity index (χ3v) is 3.31. The summed E-state index contributed by atoms with van der Waals surface area (Å²) in [7, 11) is 0. The van der Waals surface area contributed by atoms with Crippen molar-refractivity contribution in [2.75, 3.05) is 17.2 Å². The number of nitrogens with two attached hydrogens (primary N) is 3. The molecule has 10 heteroatoms. The van der Waals surface area contributed by atoms with E-state index in [4.69, 9.17) is 17.2 Å². The monoisotopic (exact) mass is 438 g/mol. The van der Waals surface area contributed by atoms with Crippen LogP contribution in [0, 0.1) is 21.7 Å². The number of anilines is 3. The molecule has 118 valence electrons. The molecule has 2 aromatic rings. The van der Waals surface area contributed by atoms with E-state index in [9.17, 15) is 18.9 Å². The normalized spacial score (nSPS) is 9.82. The first-order chi connectivity index (χ1) is 10.1. The Labute approximate surface area is 140 Å². The molecule has 0 saturated carbocycles. The van der Waals surface area contributed by atoms with E-state index in [1.54, 1.807) is 6.07 Å². The second-order valence-electron chi connectivity index (χ2n) is 3.97. The lowest BCUT2D eigenvalue weighted by Gasteiger charge is -2.00. The van der Waals surface area contributed by atoms with E-state index < -0.39 is 27.9 Å². The minimum atomic E-state index is -0.795. The Morgan fingerprint density at radius 2 is 1.36 bits per heavy atom. The molecular weight excluding hydrogens is 430 g/mol.